The van der Waals surface area contributed by atoms with Crippen molar-refractivity contribution in [1.82, 2.24) is 10.4 Å². The molecule has 0 atom stereocenters. The maximum atomic E-state index is 13.1. The second kappa shape index (κ2) is 9.12. The molecule has 1 N–H and O–H groups in total. The Morgan fingerprint density at radius 2 is 1.81 bits per heavy atom. The van der Waals surface area contributed by atoms with Gasteiger partial charge in [0.05, 0.1) is 31.1 Å². The van der Waals surface area contributed by atoms with Crippen LogP contribution in [0.15, 0.2) is 75.6 Å². The number of hydrogen-bond donors (Lipinski definition) is 1. The van der Waals surface area contributed by atoms with Gasteiger partial charge in [0.2, 0.25) is 0 Å². The Balaban J connectivity index is 1.70. The van der Waals surface area contributed by atoms with Crippen molar-refractivity contribution in [2.24, 2.45) is 5.10 Å². The van der Waals surface area contributed by atoms with E-state index in [1.807, 2.05) is 49.4 Å². The van der Waals surface area contributed by atoms with Crippen molar-refractivity contribution in [3.8, 4) is 11.3 Å². The molecule has 6 heteroatoms. The first-order chi connectivity index (χ1) is 14.9. The Morgan fingerprint density at radius 3 is 2.48 bits per heavy atom. The van der Waals surface area contributed by atoms with Gasteiger partial charge in [0.1, 0.15) is 0 Å². The van der Waals surface area contributed by atoms with Crippen LogP contribution in [0.25, 0.3) is 22.2 Å². The zero-order valence-corrected chi connectivity index (χ0v) is 19.9. The molecular formula is C25H22BrN3OS. The van der Waals surface area contributed by atoms with Gasteiger partial charge in [0.15, 0.2) is 0 Å². The maximum absolute atomic E-state index is 13.1. The minimum Gasteiger partial charge on any atom is -0.267 e. The number of benzene rings is 2. The molecule has 1 amide bonds. The lowest BCUT2D eigenvalue weighted by Gasteiger charge is -2.10. The highest BCUT2D eigenvalue weighted by atomic mass is 79.9. The molecule has 0 aliphatic heterocycles. The third kappa shape index (κ3) is 4.75. The number of amides is 1. The van der Waals surface area contributed by atoms with Crippen molar-refractivity contribution in [3.63, 3.8) is 0 Å². The molecule has 4 aromatic rings. The second-order valence-corrected chi connectivity index (χ2v) is 10.1. The molecule has 2 aromatic carbocycles. The minimum absolute atomic E-state index is 0.256. The summed E-state index contributed by atoms with van der Waals surface area (Å²) < 4.78 is 1.02. The Morgan fingerprint density at radius 1 is 1.06 bits per heavy atom. The second-order valence-electron chi connectivity index (χ2n) is 7.59. The maximum Gasteiger partial charge on any atom is 0.272 e. The number of thiophene rings is 1. The van der Waals surface area contributed by atoms with E-state index in [-0.39, 0.29) is 5.91 Å². The average Bonchev–Trinajstić information content (AvgIpc) is 3.23. The average molecular weight is 492 g/mol. The predicted octanol–water partition coefficient (Wildman–Crippen LogP) is 7.00. The van der Waals surface area contributed by atoms with Crippen LogP contribution in [-0.2, 0) is 0 Å². The molecule has 0 aliphatic carbocycles. The number of hydrogen-bond acceptors (Lipinski definition) is 4. The van der Waals surface area contributed by atoms with Crippen LogP contribution in [0.1, 0.15) is 47.5 Å². The van der Waals surface area contributed by atoms with E-state index in [0.29, 0.717) is 11.5 Å². The fraction of sp³-hybridized carbons (Fsp3) is 0.160. The van der Waals surface area contributed by atoms with E-state index in [9.17, 15) is 4.79 Å². The van der Waals surface area contributed by atoms with Gasteiger partial charge in [-0.25, -0.2) is 10.4 Å². The summed E-state index contributed by atoms with van der Waals surface area (Å²) >= 11 is 5.03. The summed E-state index contributed by atoms with van der Waals surface area (Å²) in [5, 5.41) is 5.11. The van der Waals surface area contributed by atoms with Gasteiger partial charge in [-0.15, -0.1) is 11.3 Å². The largest absolute Gasteiger partial charge is 0.272 e. The minimum atomic E-state index is -0.256. The molecule has 0 aliphatic rings. The van der Waals surface area contributed by atoms with Gasteiger partial charge in [0.25, 0.3) is 5.91 Å². The lowest BCUT2D eigenvalue weighted by molar-refractivity contribution is 0.0956. The third-order valence-corrected chi connectivity index (χ3v) is 6.82. The van der Waals surface area contributed by atoms with Crippen LogP contribution in [0.4, 0.5) is 0 Å². The van der Waals surface area contributed by atoms with Gasteiger partial charge in [-0.1, -0.05) is 56.3 Å². The number of fused-ring (bicyclic) bond motifs is 1. The monoisotopic (exact) mass is 491 g/mol. The van der Waals surface area contributed by atoms with E-state index in [4.69, 9.17) is 4.98 Å². The highest BCUT2D eigenvalue weighted by Crippen LogP contribution is 2.27. The summed E-state index contributed by atoms with van der Waals surface area (Å²) in [6.45, 7) is 6.22. The smallest absolute Gasteiger partial charge is 0.267 e. The van der Waals surface area contributed by atoms with E-state index in [1.165, 1.54) is 5.56 Å². The first kappa shape index (κ1) is 21.4. The molecule has 0 unspecified atom stereocenters. The van der Waals surface area contributed by atoms with Gasteiger partial charge in [-0.2, -0.15) is 5.10 Å². The summed E-state index contributed by atoms with van der Waals surface area (Å²) in [5.74, 6) is 0.207. The van der Waals surface area contributed by atoms with E-state index in [2.05, 4.69) is 64.6 Å². The number of hydrazone groups is 1. The number of pyridine rings is 1. The van der Waals surface area contributed by atoms with Crippen LogP contribution in [0.2, 0.25) is 0 Å². The van der Waals surface area contributed by atoms with Gasteiger partial charge < -0.3 is 0 Å². The number of nitrogens with zero attached hydrogens (tertiary/aromatic N) is 2. The molecule has 0 fully saturated rings. The Labute approximate surface area is 194 Å². The topological polar surface area (TPSA) is 54.4 Å². The van der Waals surface area contributed by atoms with Gasteiger partial charge >= 0.3 is 0 Å². The predicted molar refractivity (Wildman–Crippen MR) is 133 cm³/mol. The van der Waals surface area contributed by atoms with Crippen molar-refractivity contribution in [2.45, 2.75) is 26.7 Å². The molecule has 4 rings (SSSR count). The number of aromatic nitrogens is 1. The van der Waals surface area contributed by atoms with Crippen LogP contribution < -0.4 is 5.43 Å². The van der Waals surface area contributed by atoms with Crippen molar-refractivity contribution in [1.29, 1.82) is 0 Å². The molecule has 2 aromatic heterocycles. The number of carbonyl (C=O) groups excluding carboxylic acids is 1. The van der Waals surface area contributed by atoms with Crippen molar-refractivity contribution >= 4 is 49.8 Å². The fourth-order valence-electron chi connectivity index (χ4n) is 3.31. The molecule has 31 heavy (non-hydrogen) atoms. The van der Waals surface area contributed by atoms with Crippen molar-refractivity contribution in [3.05, 3.63) is 86.5 Å². The number of nitrogens with one attached hydrogen (secondary N) is 1. The first-order valence-electron chi connectivity index (χ1n) is 10.0. The highest BCUT2D eigenvalue weighted by Gasteiger charge is 2.14. The molecule has 4 nitrogen and oxygen atoms in total. The molecule has 0 saturated heterocycles. The van der Waals surface area contributed by atoms with Crippen LogP contribution in [0, 0.1) is 0 Å². The quantitative estimate of drug-likeness (QED) is 0.241. The molecule has 0 bridgehead atoms. The standard InChI is InChI=1S/C25H22BrN3OS/c1-15(2)17-8-10-18(11-9-17)22-14-20(19-6-4-5-7-21(19)27-22)25(30)29-28-16(3)23-12-13-24(26)31-23/h4-15H,1-3H3,(H,29,30). The van der Waals surface area contributed by atoms with Crippen molar-refractivity contribution < 1.29 is 4.79 Å². The first-order valence-corrected chi connectivity index (χ1v) is 11.6. The molecule has 0 radical (unpaired) electrons. The number of para-hydroxylation sites is 1. The summed E-state index contributed by atoms with van der Waals surface area (Å²) in [5.41, 5.74) is 7.82. The summed E-state index contributed by atoms with van der Waals surface area (Å²) in [6, 6.07) is 21.8. The third-order valence-electron chi connectivity index (χ3n) is 5.09. The summed E-state index contributed by atoms with van der Waals surface area (Å²) in [7, 11) is 0. The summed E-state index contributed by atoms with van der Waals surface area (Å²) in [4.78, 5) is 18.9. The lowest BCUT2D eigenvalue weighted by Crippen LogP contribution is -2.19. The van der Waals surface area contributed by atoms with E-state index in [1.54, 1.807) is 11.3 Å². The number of carbonyl (C=O) groups is 1. The van der Waals surface area contributed by atoms with Crippen LogP contribution in [-0.4, -0.2) is 16.6 Å². The molecule has 0 spiro atoms. The molecular weight excluding hydrogens is 470 g/mol. The summed E-state index contributed by atoms with van der Waals surface area (Å²) in [6.07, 6.45) is 0. The lowest BCUT2D eigenvalue weighted by atomic mass is 9.99. The van der Waals surface area contributed by atoms with E-state index < -0.39 is 0 Å². The Hall–Kier alpha value is -2.83. The molecule has 2 heterocycles. The zero-order valence-electron chi connectivity index (χ0n) is 17.5. The molecule has 156 valence electrons. The van der Waals surface area contributed by atoms with Crippen molar-refractivity contribution in [2.75, 3.05) is 0 Å². The zero-order chi connectivity index (χ0) is 22.0. The Bertz CT molecular complexity index is 1280. The fourth-order valence-corrected chi connectivity index (χ4v) is 4.64. The van der Waals surface area contributed by atoms with Gasteiger partial charge in [-0.05, 0) is 58.6 Å². The van der Waals surface area contributed by atoms with Crippen LogP contribution in [0.5, 0.6) is 0 Å². The van der Waals surface area contributed by atoms with Crippen LogP contribution >= 0.6 is 27.3 Å². The SMILES string of the molecule is CC(=NNC(=O)c1cc(-c2ccc(C(C)C)cc2)nc2ccccc12)c1ccc(Br)s1. The molecule has 0 saturated carbocycles. The van der Waals surface area contributed by atoms with Gasteiger partial charge in [0, 0.05) is 10.9 Å². The number of halogens is 1. The van der Waals surface area contributed by atoms with Crippen LogP contribution in [0.3, 0.4) is 0 Å². The number of rotatable bonds is 5. The highest BCUT2D eigenvalue weighted by molar-refractivity contribution is 9.11. The normalized spacial score (nSPS) is 11.8. The van der Waals surface area contributed by atoms with Gasteiger partial charge in [-0.3, -0.25) is 4.79 Å². The Kier molecular flexibility index (Phi) is 6.30. The van der Waals surface area contributed by atoms with E-state index in [0.717, 1.165) is 36.5 Å². The van der Waals surface area contributed by atoms with E-state index >= 15 is 0 Å².